The average Bonchev–Trinajstić information content (AvgIpc) is 3.23. The third-order valence-electron chi connectivity index (χ3n) is 10.8. The molecule has 0 amide bonds. The highest BCUT2D eigenvalue weighted by atomic mass is 16.5. The molecule has 5 heteroatoms. The first-order valence-corrected chi connectivity index (χ1v) is 18.1. The molecule has 0 aliphatic carbocycles. The van der Waals surface area contributed by atoms with Gasteiger partial charge in [-0.3, -0.25) is 0 Å². The Bertz CT molecular complexity index is 2650. The van der Waals surface area contributed by atoms with Crippen LogP contribution in [0.2, 0.25) is 0 Å². The van der Waals surface area contributed by atoms with Gasteiger partial charge in [0.15, 0.2) is 11.5 Å². The van der Waals surface area contributed by atoms with Crippen molar-refractivity contribution in [1.82, 2.24) is 0 Å². The second-order valence-electron chi connectivity index (χ2n) is 13.7. The zero-order valence-electron chi connectivity index (χ0n) is 28.8. The zero-order valence-corrected chi connectivity index (χ0v) is 28.8. The molecule has 4 nitrogen and oxygen atoms in total. The largest absolute Gasteiger partial charge is 0.451 e. The van der Waals surface area contributed by atoms with E-state index in [0.717, 1.165) is 57.0 Å². The Hall–Kier alpha value is -6.98. The maximum atomic E-state index is 7.19. The molecule has 0 N–H and O–H groups in total. The molecule has 248 valence electrons. The molecule has 0 bridgehead atoms. The molecule has 0 saturated heterocycles. The fraction of sp³-hybridized carbons (Fsp3) is 0. The molecule has 3 aliphatic heterocycles. The summed E-state index contributed by atoms with van der Waals surface area (Å²) in [6, 6.07) is 69.5. The summed E-state index contributed by atoms with van der Waals surface area (Å²) < 4.78 is 7.19. The van der Waals surface area contributed by atoms with Gasteiger partial charge in [-0.1, -0.05) is 127 Å². The highest BCUT2D eigenvalue weighted by Gasteiger charge is 2.46. The van der Waals surface area contributed by atoms with Gasteiger partial charge >= 0.3 is 0 Å². The Morgan fingerprint density at radius 2 is 0.830 bits per heavy atom. The first-order valence-electron chi connectivity index (χ1n) is 18.1. The van der Waals surface area contributed by atoms with E-state index in [-0.39, 0.29) is 6.71 Å². The lowest BCUT2D eigenvalue weighted by molar-refractivity contribution is 0.478. The van der Waals surface area contributed by atoms with E-state index < -0.39 is 0 Å². The van der Waals surface area contributed by atoms with Crippen LogP contribution in [0.1, 0.15) is 0 Å². The summed E-state index contributed by atoms with van der Waals surface area (Å²) >= 11 is 0. The van der Waals surface area contributed by atoms with Crippen LogP contribution in [-0.4, -0.2) is 6.71 Å². The molecule has 0 radical (unpaired) electrons. The van der Waals surface area contributed by atoms with Crippen molar-refractivity contribution < 1.29 is 4.74 Å². The molecule has 0 atom stereocenters. The van der Waals surface area contributed by atoms with Crippen molar-refractivity contribution in [1.29, 1.82) is 0 Å². The third kappa shape index (κ3) is 4.50. The predicted molar refractivity (Wildman–Crippen MR) is 221 cm³/mol. The quantitative estimate of drug-likeness (QED) is 0.173. The Kier molecular flexibility index (Phi) is 6.61. The van der Waals surface area contributed by atoms with E-state index in [9.17, 15) is 0 Å². The van der Waals surface area contributed by atoms with Crippen molar-refractivity contribution in [3.8, 4) is 22.6 Å². The highest BCUT2D eigenvalue weighted by molar-refractivity contribution is 7.00. The van der Waals surface area contributed by atoms with Gasteiger partial charge in [-0.2, -0.15) is 0 Å². The maximum Gasteiger partial charge on any atom is 0.252 e. The van der Waals surface area contributed by atoms with E-state index in [4.69, 9.17) is 4.74 Å². The minimum Gasteiger partial charge on any atom is -0.451 e. The van der Waals surface area contributed by atoms with Gasteiger partial charge in [0.25, 0.3) is 6.71 Å². The fourth-order valence-electron chi connectivity index (χ4n) is 8.58. The first kappa shape index (κ1) is 29.7. The second-order valence-corrected chi connectivity index (χ2v) is 13.7. The first-order chi connectivity index (χ1) is 26.3. The zero-order chi connectivity index (χ0) is 34.9. The standard InChI is InChI=1S/C48H32BN3O/c1-4-16-33(17-5-1)34-28-30-37(31-29-34)51-42-26-14-15-27-45(42)53-48-44(51)32-43-46-47(48)52(36-20-8-3-9-21-36)41-25-13-11-23-39(41)49(46)38-22-10-12-24-40(38)50(43)35-18-6-2-7-19-35/h1-32H. The molecule has 0 spiro atoms. The number of hydrogen-bond donors (Lipinski definition) is 0. The summed E-state index contributed by atoms with van der Waals surface area (Å²) in [6.07, 6.45) is 0. The Labute approximate surface area is 309 Å². The lowest BCUT2D eigenvalue weighted by Crippen LogP contribution is -2.61. The average molecular weight is 678 g/mol. The van der Waals surface area contributed by atoms with E-state index in [0.29, 0.717) is 0 Å². The molecule has 8 aromatic carbocycles. The van der Waals surface area contributed by atoms with E-state index in [2.05, 4.69) is 209 Å². The molecule has 3 aliphatic rings. The van der Waals surface area contributed by atoms with Crippen LogP contribution >= 0.6 is 0 Å². The van der Waals surface area contributed by atoms with Gasteiger partial charge in [0.1, 0.15) is 0 Å². The number of hydrogen-bond acceptors (Lipinski definition) is 4. The monoisotopic (exact) mass is 677 g/mol. The van der Waals surface area contributed by atoms with E-state index in [1.807, 2.05) is 0 Å². The lowest BCUT2D eigenvalue weighted by atomic mass is 9.33. The second kappa shape index (κ2) is 11.8. The van der Waals surface area contributed by atoms with Crippen molar-refractivity contribution in [2.45, 2.75) is 0 Å². The number of anilines is 9. The SMILES string of the molecule is c1ccc(-c2ccc(N3c4ccccc4Oc4c3cc3c5c4N(c4ccccc4)c4ccccc4B5c4ccccc4N3c3ccccc3)cc2)cc1. The number of fused-ring (bicyclic) bond motifs is 7. The van der Waals surface area contributed by atoms with Crippen LogP contribution in [0.15, 0.2) is 194 Å². The van der Waals surface area contributed by atoms with Gasteiger partial charge in [0.05, 0.1) is 17.1 Å². The van der Waals surface area contributed by atoms with Gasteiger partial charge in [-0.25, -0.2) is 0 Å². The summed E-state index contributed by atoms with van der Waals surface area (Å²) in [4.78, 5) is 7.24. The Morgan fingerprint density at radius 3 is 1.49 bits per heavy atom. The summed E-state index contributed by atoms with van der Waals surface area (Å²) in [5.41, 5.74) is 15.9. The molecule has 0 unspecified atom stereocenters. The van der Waals surface area contributed by atoms with Crippen molar-refractivity contribution in [2.75, 3.05) is 14.7 Å². The summed E-state index contributed by atoms with van der Waals surface area (Å²) in [5, 5.41) is 0. The fourth-order valence-corrected chi connectivity index (χ4v) is 8.58. The van der Waals surface area contributed by atoms with Gasteiger partial charge in [0, 0.05) is 34.1 Å². The van der Waals surface area contributed by atoms with Gasteiger partial charge in [-0.05, 0) is 94.2 Å². The van der Waals surface area contributed by atoms with Crippen molar-refractivity contribution in [3.05, 3.63) is 194 Å². The van der Waals surface area contributed by atoms with Crippen molar-refractivity contribution >= 4 is 74.3 Å². The normalized spacial score (nSPS) is 13.3. The van der Waals surface area contributed by atoms with Crippen LogP contribution in [0.3, 0.4) is 0 Å². The number of ether oxygens (including phenoxy) is 1. The van der Waals surface area contributed by atoms with E-state index >= 15 is 0 Å². The van der Waals surface area contributed by atoms with Crippen molar-refractivity contribution in [3.63, 3.8) is 0 Å². The Morgan fingerprint density at radius 1 is 0.358 bits per heavy atom. The lowest BCUT2D eigenvalue weighted by Gasteiger charge is -2.46. The number of benzene rings is 8. The van der Waals surface area contributed by atoms with E-state index in [1.165, 1.54) is 33.2 Å². The molecule has 0 fully saturated rings. The molecular weight excluding hydrogens is 645 g/mol. The number of nitrogens with zero attached hydrogens (tertiary/aromatic N) is 3. The highest BCUT2D eigenvalue weighted by Crippen LogP contribution is 2.58. The molecule has 3 heterocycles. The predicted octanol–water partition coefficient (Wildman–Crippen LogP) is 11.0. The summed E-state index contributed by atoms with van der Waals surface area (Å²) in [5.74, 6) is 1.66. The molecule has 53 heavy (non-hydrogen) atoms. The van der Waals surface area contributed by atoms with Crippen LogP contribution in [0.25, 0.3) is 11.1 Å². The summed E-state index contributed by atoms with van der Waals surface area (Å²) in [7, 11) is 0. The maximum absolute atomic E-state index is 7.19. The molecule has 8 aromatic rings. The summed E-state index contributed by atoms with van der Waals surface area (Å²) in [6.45, 7) is -0.00278. The number of rotatable bonds is 4. The molecule has 0 saturated carbocycles. The van der Waals surface area contributed by atoms with Crippen LogP contribution in [0, 0.1) is 0 Å². The molecule has 11 rings (SSSR count). The minimum atomic E-state index is -0.00278. The molecule has 0 aromatic heterocycles. The van der Waals surface area contributed by atoms with Gasteiger partial charge in [0.2, 0.25) is 0 Å². The van der Waals surface area contributed by atoms with Crippen LogP contribution in [0.4, 0.5) is 51.2 Å². The van der Waals surface area contributed by atoms with Crippen LogP contribution in [0.5, 0.6) is 11.5 Å². The van der Waals surface area contributed by atoms with Gasteiger partial charge < -0.3 is 19.4 Å². The van der Waals surface area contributed by atoms with Gasteiger partial charge in [-0.15, -0.1) is 0 Å². The Balaban J connectivity index is 1.25. The van der Waals surface area contributed by atoms with Crippen LogP contribution < -0.4 is 35.8 Å². The van der Waals surface area contributed by atoms with Crippen LogP contribution in [-0.2, 0) is 0 Å². The van der Waals surface area contributed by atoms with E-state index in [1.54, 1.807) is 0 Å². The van der Waals surface area contributed by atoms with Crippen molar-refractivity contribution in [2.24, 2.45) is 0 Å². The minimum absolute atomic E-state index is 0.00278. The number of para-hydroxylation sites is 6. The smallest absolute Gasteiger partial charge is 0.252 e. The molecular formula is C48H32BN3O. The topological polar surface area (TPSA) is 19.0 Å². The third-order valence-corrected chi connectivity index (χ3v) is 10.8.